The molecule has 0 atom stereocenters. The Kier molecular flexibility index (Phi) is 5.20. The number of hydrogen-bond donors (Lipinski definition) is 0. The highest BCUT2D eigenvalue weighted by molar-refractivity contribution is 7.08. The minimum absolute atomic E-state index is 0.334. The second kappa shape index (κ2) is 7.91. The van der Waals surface area contributed by atoms with E-state index < -0.39 is 0 Å². The molecule has 130 valence electrons. The number of piperidine rings is 1. The molecule has 1 aromatic carbocycles. The Hall–Kier alpha value is -2.02. The number of nitrogens with zero attached hydrogens (tertiary/aromatic N) is 3. The Morgan fingerprint density at radius 3 is 2.76 bits per heavy atom. The molecule has 0 aliphatic carbocycles. The van der Waals surface area contributed by atoms with E-state index in [4.69, 9.17) is 9.26 Å². The van der Waals surface area contributed by atoms with Crippen molar-refractivity contribution < 1.29 is 9.26 Å². The van der Waals surface area contributed by atoms with Crippen LogP contribution in [0.1, 0.15) is 24.3 Å². The lowest BCUT2D eigenvalue weighted by atomic mass is 10.1. The van der Waals surface area contributed by atoms with Gasteiger partial charge in [-0.05, 0) is 29.9 Å². The van der Waals surface area contributed by atoms with Gasteiger partial charge < -0.3 is 9.26 Å². The standard InChI is InChI=1S/C19H21N3O2S/c1-2-4-15(5-3-1)13-23-17-6-9-22(10-7-17)12-18-20-19(21-24-18)16-8-11-25-14-16/h1-5,8,11,14,17H,6-7,9-10,12-13H2. The number of likely N-dealkylation sites (tertiary alicyclic amines) is 1. The Morgan fingerprint density at radius 1 is 1.16 bits per heavy atom. The summed E-state index contributed by atoms with van der Waals surface area (Å²) in [6.45, 7) is 3.40. The van der Waals surface area contributed by atoms with E-state index in [-0.39, 0.29) is 0 Å². The van der Waals surface area contributed by atoms with Crippen LogP contribution in [0.25, 0.3) is 11.4 Å². The Balaban J connectivity index is 1.24. The molecule has 25 heavy (non-hydrogen) atoms. The predicted molar refractivity (Wildman–Crippen MR) is 97.1 cm³/mol. The second-order valence-electron chi connectivity index (χ2n) is 6.30. The molecule has 0 N–H and O–H groups in total. The molecule has 0 saturated carbocycles. The summed E-state index contributed by atoms with van der Waals surface area (Å²) in [5.74, 6) is 1.36. The van der Waals surface area contributed by atoms with E-state index >= 15 is 0 Å². The van der Waals surface area contributed by atoms with Crippen molar-refractivity contribution in [3.05, 3.63) is 58.6 Å². The molecule has 0 unspecified atom stereocenters. The number of ether oxygens (including phenoxy) is 1. The summed E-state index contributed by atoms with van der Waals surface area (Å²) >= 11 is 1.64. The van der Waals surface area contributed by atoms with Crippen molar-refractivity contribution in [2.45, 2.75) is 32.1 Å². The number of hydrogen-bond acceptors (Lipinski definition) is 6. The van der Waals surface area contributed by atoms with Gasteiger partial charge in [0.1, 0.15) is 0 Å². The molecule has 6 heteroatoms. The van der Waals surface area contributed by atoms with Crippen LogP contribution in [0.5, 0.6) is 0 Å². The van der Waals surface area contributed by atoms with Gasteiger partial charge in [-0.25, -0.2) is 0 Å². The quantitative estimate of drug-likeness (QED) is 0.669. The molecule has 0 spiro atoms. The van der Waals surface area contributed by atoms with Crippen LogP contribution in [0.15, 0.2) is 51.7 Å². The average molecular weight is 355 g/mol. The first-order valence-corrected chi connectivity index (χ1v) is 9.54. The third-order valence-corrected chi connectivity index (χ3v) is 5.15. The van der Waals surface area contributed by atoms with Crippen LogP contribution in [0.3, 0.4) is 0 Å². The van der Waals surface area contributed by atoms with Gasteiger partial charge >= 0.3 is 0 Å². The summed E-state index contributed by atoms with van der Waals surface area (Å²) in [5.41, 5.74) is 2.25. The molecule has 1 aliphatic rings. The Bertz CT molecular complexity index is 765. The van der Waals surface area contributed by atoms with Gasteiger partial charge in [0.25, 0.3) is 0 Å². The Labute approximate surface area is 151 Å². The van der Waals surface area contributed by atoms with Gasteiger partial charge in [0.2, 0.25) is 11.7 Å². The highest BCUT2D eigenvalue weighted by Crippen LogP contribution is 2.21. The monoisotopic (exact) mass is 355 g/mol. The van der Waals surface area contributed by atoms with Crippen molar-refractivity contribution in [1.82, 2.24) is 15.0 Å². The lowest BCUT2D eigenvalue weighted by Gasteiger charge is -2.30. The summed E-state index contributed by atoms with van der Waals surface area (Å²) in [4.78, 5) is 6.85. The molecular formula is C19H21N3O2S. The van der Waals surface area contributed by atoms with Crippen LogP contribution in [-0.4, -0.2) is 34.2 Å². The highest BCUT2D eigenvalue weighted by atomic mass is 32.1. The minimum Gasteiger partial charge on any atom is -0.373 e. The van der Waals surface area contributed by atoms with E-state index in [1.54, 1.807) is 11.3 Å². The van der Waals surface area contributed by atoms with Crippen LogP contribution in [0, 0.1) is 0 Å². The van der Waals surface area contributed by atoms with E-state index in [1.165, 1.54) is 5.56 Å². The largest absolute Gasteiger partial charge is 0.373 e. The minimum atomic E-state index is 0.334. The molecule has 5 nitrogen and oxygen atoms in total. The van der Waals surface area contributed by atoms with Gasteiger partial charge in [-0.2, -0.15) is 16.3 Å². The fourth-order valence-corrected chi connectivity index (χ4v) is 3.68. The van der Waals surface area contributed by atoms with E-state index in [2.05, 4.69) is 39.3 Å². The Morgan fingerprint density at radius 2 is 2.00 bits per heavy atom. The first-order chi connectivity index (χ1) is 12.4. The fraction of sp³-hybridized carbons (Fsp3) is 0.368. The van der Waals surface area contributed by atoms with Crippen LogP contribution < -0.4 is 0 Å². The smallest absolute Gasteiger partial charge is 0.241 e. The van der Waals surface area contributed by atoms with Crippen LogP contribution in [0.2, 0.25) is 0 Å². The third-order valence-electron chi connectivity index (χ3n) is 4.47. The number of rotatable bonds is 6. The molecule has 1 fully saturated rings. The van der Waals surface area contributed by atoms with Gasteiger partial charge in [-0.3, -0.25) is 4.90 Å². The summed E-state index contributed by atoms with van der Waals surface area (Å²) in [6.07, 6.45) is 2.41. The molecule has 1 aliphatic heterocycles. The summed E-state index contributed by atoms with van der Waals surface area (Å²) < 4.78 is 11.4. The van der Waals surface area contributed by atoms with E-state index in [0.717, 1.165) is 31.5 Å². The normalized spacial score (nSPS) is 16.3. The van der Waals surface area contributed by atoms with Gasteiger partial charge in [0, 0.05) is 24.0 Å². The maximum Gasteiger partial charge on any atom is 0.241 e. The van der Waals surface area contributed by atoms with Crippen molar-refractivity contribution in [2.24, 2.45) is 0 Å². The van der Waals surface area contributed by atoms with Crippen molar-refractivity contribution in [3.8, 4) is 11.4 Å². The maximum absolute atomic E-state index is 6.04. The fourth-order valence-electron chi connectivity index (χ4n) is 3.04. The molecule has 2 aromatic heterocycles. The van der Waals surface area contributed by atoms with Crippen molar-refractivity contribution in [3.63, 3.8) is 0 Å². The van der Waals surface area contributed by atoms with E-state index in [9.17, 15) is 0 Å². The average Bonchev–Trinajstić information content (AvgIpc) is 3.34. The highest BCUT2D eigenvalue weighted by Gasteiger charge is 2.21. The molecular weight excluding hydrogens is 334 g/mol. The third kappa shape index (κ3) is 4.34. The second-order valence-corrected chi connectivity index (χ2v) is 7.08. The topological polar surface area (TPSA) is 51.4 Å². The number of thiophene rings is 1. The van der Waals surface area contributed by atoms with Crippen molar-refractivity contribution in [1.29, 1.82) is 0 Å². The first kappa shape index (κ1) is 16.4. The molecule has 1 saturated heterocycles. The van der Waals surface area contributed by atoms with Crippen molar-refractivity contribution >= 4 is 11.3 Å². The molecule has 0 bridgehead atoms. The molecule has 3 aromatic rings. The SMILES string of the molecule is c1ccc(COC2CCN(Cc3nc(-c4ccsc4)no3)CC2)cc1. The zero-order chi connectivity index (χ0) is 16.9. The number of aromatic nitrogens is 2. The maximum atomic E-state index is 6.04. The summed E-state index contributed by atoms with van der Waals surface area (Å²) in [6, 6.07) is 12.4. The zero-order valence-corrected chi connectivity index (χ0v) is 14.8. The van der Waals surface area contributed by atoms with Crippen LogP contribution >= 0.6 is 11.3 Å². The van der Waals surface area contributed by atoms with Gasteiger partial charge in [-0.15, -0.1) is 0 Å². The number of benzene rings is 1. The molecule has 4 rings (SSSR count). The van der Waals surface area contributed by atoms with Crippen LogP contribution in [0.4, 0.5) is 0 Å². The molecule has 0 amide bonds. The summed E-state index contributed by atoms with van der Waals surface area (Å²) in [5, 5.41) is 8.12. The zero-order valence-electron chi connectivity index (χ0n) is 14.0. The molecule has 3 heterocycles. The summed E-state index contributed by atoms with van der Waals surface area (Å²) in [7, 11) is 0. The van der Waals surface area contributed by atoms with Gasteiger partial charge in [-0.1, -0.05) is 35.5 Å². The van der Waals surface area contributed by atoms with Gasteiger partial charge in [0.15, 0.2) is 0 Å². The van der Waals surface area contributed by atoms with Crippen molar-refractivity contribution in [2.75, 3.05) is 13.1 Å². The lowest BCUT2D eigenvalue weighted by molar-refractivity contribution is -0.00555. The van der Waals surface area contributed by atoms with E-state index in [1.807, 2.05) is 22.9 Å². The first-order valence-electron chi connectivity index (χ1n) is 8.60. The molecule has 0 radical (unpaired) electrons. The van der Waals surface area contributed by atoms with Gasteiger partial charge in [0.05, 0.1) is 19.3 Å². The predicted octanol–water partition coefficient (Wildman–Crippen LogP) is 3.98. The van der Waals surface area contributed by atoms with Crippen LogP contribution in [-0.2, 0) is 17.9 Å². The van der Waals surface area contributed by atoms with E-state index in [0.29, 0.717) is 31.0 Å². The lowest BCUT2D eigenvalue weighted by Crippen LogP contribution is -2.36.